The highest BCUT2D eigenvalue weighted by atomic mass is 35.5. The molecule has 1 amide bonds. The third-order valence-corrected chi connectivity index (χ3v) is 3.80. The number of rotatable bonds is 4. The quantitative estimate of drug-likeness (QED) is 0.786. The van der Waals surface area contributed by atoms with Crippen molar-refractivity contribution in [1.82, 2.24) is 4.57 Å². The van der Waals surface area contributed by atoms with Crippen LogP contribution in [0.1, 0.15) is 21.9 Å². The summed E-state index contributed by atoms with van der Waals surface area (Å²) in [7, 11) is 0. The van der Waals surface area contributed by atoms with E-state index in [0.29, 0.717) is 16.5 Å². The van der Waals surface area contributed by atoms with Gasteiger partial charge in [0, 0.05) is 12.3 Å². The van der Waals surface area contributed by atoms with Crippen molar-refractivity contribution in [2.75, 3.05) is 5.32 Å². The summed E-state index contributed by atoms with van der Waals surface area (Å²) in [4.78, 5) is 23.9. The van der Waals surface area contributed by atoms with Gasteiger partial charge in [-0.2, -0.15) is 0 Å². The molecule has 24 heavy (non-hydrogen) atoms. The minimum Gasteiger partial charge on any atom is -0.454 e. The molecule has 6 heteroatoms. The first-order valence-electron chi connectivity index (χ1n) is 7.34. The molecule has 0 fully saturated rings. The van der Waals surface area contributed by atoms with Crippen molar-refractivity contribution >= 4 is 23.2 Å². The van der Waals surface area contributed by atoms with E-state index >= 15 is 0 Å². The summed E-state index contributed by atoms with van der Waals surface area (Å²) in [6.45, 7) is 2.18. The molecule has 0 unspecified atom stereocenters. The molecule has 0 spiro atoms. The van der Waals surface area contributed by atoms with Crippen molar-refractivity contribution in [3.8, 4) is 0 Å². The Bertz CT molecular complexity index is 943. The number of aromatic nitrogens is 1. The van der Waals surface area contributed by atoms with Gasteiger partial charge in [0.2, 0.25) is 0 Å². The van der Waals surface area contributed by atoms with E-state index in [1.807, 2.05) is 13.0 Å². The highest BCUT2D eigenvalue weighted by Gasteiger charge is 2.13. The number of aryl methyl sites for hydroxylation is 1. The van der Waals surface area contributed by atoms with Gasteiger partial charge >= 0.3 is 0 Å². The van der Waals surface area contributed by atoms with Gasteiger partial charge in [0.25, 0.3) is 11.5 Å². The number of carbonyl (C=O) groups is 1. The lowest BCUT2D eigenvalue weighted by atomic mass is 10.2. The van der Waals surface area contributed by atoms with E-state index in [-0.39, 0.29) is 17.9 Å². The molecule has 3 aromatic rings. The molecule has 0 aliphatic heterocycles. The van der Waals surface area contributed by atoms with E-state index < -0.39 is 5.91 Å². The number of anilines is 1. The maximum absolute atomic E-state index is 12.3. The second-order valence-electron chi connectivity index (χ2n) is 5.37. The molecule has 5 nitrogen and oxygen atoms in total. The third kappa shape index (κ3) is 3.58. The molecule has 2 heterocycles. The standard InChI is InChI=1S/C18H15ClN2O3/c1-12-5-7-15(14(19)10-12)20-18(23)16-8-6-13(24-16)11-21-9-3-2-4-17(21)22/h2-10H,11H2,1H3,(H,20,23). The number of halogens is 1. The minimum atomic E-state index is -0.396. The number of carbonyl (C=O) groups excluding carboxylic acids is 1. The van der Waals surface area contributed by atoms with Crippen LogP contribution in [0.3, 0.4) is 0 Å². The maximum atomic E-state index is 12.3. The molecular weight excluding hydrogens is 328 g/mol. The maximum Gasteiger partial charge on any atom is 0.291 e. The Hall–Kier alpha value is -2.79. The highest BCUT2D eigenvalue weighted by Crippen LogP contribution is 2.23. The molecule has 0 saturated carbocycles. The van der Waals surface area contributed by atoms with Crippen LogP contribution in [-0.2, 0) is 6.54 Å². The zero-order chi connectivity index (χ0) is 17.1. The van der Waals surface area contributed by atoms with Gasteiger partial charge < -0.3 is 14.3 Å². The number of amides is 1. The predicted octanol–water partition coefficient (Wildman–Crippen LogP) is 3.70. The Morgan fingerprint density at radius 2 is 2.04 bits per heavy atom. The number of hydrogen-bond donors (Lipinski definition) is 1. The average Bonchev–Trinajstić information content (AvgIpc) is 3.01. The van der Waals surface area contributed by atoms with Crippen LogP contribution in [0.4, 0.5) is 5.69 Å². The molecule has 0 aliphatic rings. The van der Waals surface area contributed by atoms with E-state index in [0.717, 1.165) is 5.56 Å². The summed E-state index contributed by atoms with van der Waals surface area (Å²) in [5.74, 6) is 0.279. The lowest BCUT2D eigenvalue weighted by molar-refractivity contribution is 0.0994. The lowest BCUT2D eigenvalue weighted by Gasteiger charge is -2.06. The second kappa shape index (κ2) is 6.76. The summed E-state index contributed by atoms with van der Waals surface area (Å²) >= 11 is 6.11. The van der Waals surface area contributed by atoms with Gasteiger partial charge in [0.1, 0.15) is 5.76 Å². The first-order valence-corrected chi connectivity index (χ1v) is 7.72. The van der Waals surface area contributed by atoms with Crippen LogP contribution in [0.25, 0.3) is 0 Å². The van der Waals surface area contributed by atoms with E-state index in [2.05, 4.69) is 5.32 Å². The van der Waals surface area contributed by atoms with Gasteiger partial charge in [-0.15, -0.1) is 0 Å². The van der Waals surface area contributed by atoms with Gasteiger partial charge in [0.15, 0.2) is 5.76 Å². The second-order valence-corrected chi connectivity index (χ2v) is 5.78. The van der Waals surface area contributed by atoms with Crippen molar-refractivity contribution in [2.45, 2.75) is 13.5 Å². The molecule has 0 atom stereocenters. The fourth-order valence-electron chi connectivity index (χ4n) is 2.25. The summed E-state index contributed by atoms with van der Waals surface area (Å²) in [6.07, 6.45) is 1.66. The summed E-state index contributed by atoms with van der Waals surface area (Å²) in [5, 5.41) is 3.17. The van der Waals surface area contributed by atoms with Crippen LogP contribution in [-0.4, -0.2) is 10.5 Å². The highest BCUT2D eigenvalue weighted by molar-refractivity contribution is 6.34. The number of nitrogens with one attached hydrogen (secondary N) is 1. The zero-order valence-corrected chi connectivity index (χ0v) is 13.7. The van der Waals surface area contributed by atoms with Crippen LogP contribution in [0.2, 0.25) is 5.02 Å². The smallest absolute Gasteiger partial charge is 0.291 e. The van der Waals surface area contributed by atoms with Crippen molar-refractivity contribution in [3.05, 3.63) is 87.2 Å². The van der Waals surface area contributed by atoms with Gasteiger partial charge in [-0.25, -0.2) is 0 Å². The largest absolute Gasteiger partial charge is 0.454 e. The zero-order valence-electron chi connectivity index (χ0n) is 13.0. The van der Waals surface area contributed by atoms with Crippen molar-refractivity contribution in [2.24, 2.45) is 0 Å². The number of nitrogens with zero attached hydrogens (tertiary/aromatic N) is 1. The normalized spacial score (nSPS) is 10.6. The third-order valence-electron chi connectivity index (χ3n) is 3.48. The molecule has 2 aromatic heterocycles. The van der Waals surface area contributed by atoms with Crippen molar-refractivity contribution in [1.29, 1.82) is 0 Å². The Balaban J connectivity index is 1.74. The first-order chi connectivity index (χ1) is 11.5. The summed E-state index contributed by atoms with van der Waals surface area (Å²) < 4.78 is 7.02. The van der Waals surface area contributed by atoms with Crippen LogP contribution < -0.4 is 10.9 Å². The molecule has 122 valence electrons. The van der Waals surface area contributed by atoms with Crippen molar-refractivity contribution in [3.63, 3.8) is 0 Å². The van der Waals surface area contributed by atoms with Gasteiger partial charge in [-0.1, -0.05) is 23.7 Å². The first kappa shape index (κ1) is 16.1. The molecule has 3 rings (SSSR count). The van der Waals surface area contributed by atoms with Gasteiger partial charge in [-0.3, -0.25) is 9.59 Å². The monoisotopic (exact) mass is 342 g/mol. The molecule has 0 bridgehead atoms. The van der Waals surface area contributed by atoms with Crippen LogP contribution >= 0.6 is 11.6 Å². The molecule has 0 aliphatic carbocycles. The Kier molecular flexibility index (Phi) is 4.53. The summed E-state index contributed by atoms with van der Waals surface area (Å²) in [6, 6.07) is 13.5. The van der Waals surface area contributed by atoms with Gasteiger partial charge in [-0.05, 0) is 42.8 Å². The SMILES string of the molecule is Cc1ccc(NC(=O)c2ccc(Cn3ccccc3=O)o2)c(Cl)c1. The molecule has 1 N–H and O–H groups in total. The Labute approximate surface area is 143 Å². The van der Waals surface area contributed by atoms with Crippen molar-refractivity contribution < 1.29 is 9.21 Å². The fourth-order valence-corrected chi connectivity index (χ4v) is 2.53. The molecule has 0 radical (unpaired) electrons. The number of benzene rings is 1. The minimum absolute atomic E-state index is 0.133. The molecule has 1 aromatic carbocycles. The Morgan fingerprint density at radius 3 is 2.79 bits per heavy atom. The van der Waals surface area contributed by atoms with Crippen LogP contribution in [0.5, 0.6) is 0 Å². The number of hydrogen-bond acceptors (Lipinski definition) is 3. The van der Waals surface area contributed by atoms with E-state index in [4.69, 9.17) is 16.0 Å². The lowest BCUT2D eigenvalue weighted by Crippen LogP contribution is -2.18. The fraction of sp³-hybridized carbons (Fsp3) is 0.111. The van der Waals surface area contributed by atoms with Crippen LogP contribution in [0, 0.1) is 6.92 Å². The number of pyridine rings is 1. The van der Waals surface area contributed by atoms with E-state index in [1.54, 1.807) is 42.6 Å². The Morgan fingerprint density at radius 1 is 1.21 bits per heavy atom. The predicted molar refractivity (Wildman–Crippen MR) is 92.7 cm³/mol. The number of furan rings is 1. The average molecular weight is 343 g/mol. The van der Waals surface area contributed by atoms with E-state index in [1.165, 1.54) is 10.6 Å². The van der Waals surface area contributed by atoms with E-state index in [9.17, 15) is 9.59 Å². The topological polar surface area (TPSA) is 64.2 Å². The van der Waals surface area contributed by atoms with Gasteiger partial charge in [0.05, 0.1) is 17.3 Å². The molecule has 0 saturated heterocycles. The summed E-state index contributed by atoms with van der Waals surface area (Å²) in [5.41, 5.74) is 1.39. The van der Waals surface area contributed by atoms with Crippen LogP contribution in [0.15, 0.2) is 63.9 Å². The molecular formula is C18H15ClN2O3.